The van der Waals surface area contributed by atoms with Crippen LogP contribution in [0.4, 0.5) is 17.1 Å². The third-order valence-electron chi connectivity index (χ3n) is 9.67. The molecule has 0 radical (unpaired) electrons. The van der Waals surface area contributed by atoms with Gasteiger partial charge in [-0.15, -0.1) is 23.6 Å². The molecule has 0 spiro atoms. The van der Waals surface area contributed by atoms with E-state index >= 15 is 0 Å². The molecular formula is C46H45N7OPt+2. The zero-order valence-electron chi connectivity index (χ0n) is 33.0. The van der Waals surface area contributed by atoms with E-state index < -0.39 is 0 Å². The Hall–Kier alpha value is -5.29. The third-order valence-corrected chi connectivity index (χ3v) is 9.67. The Morgan fingerprint density at radius 2 is 1.38 bits per heavy atom. The number of pyridine rings is 1. The summed E-state index contributed by atoms with van der Waals surface area (Å²) in [5.74, 6) is 3.75. The molecule has 1 aliphatic rings. The van der Waals surface area contributed by atoms with Crippen LogP contribution in [-0.2, 0) is 37.3 Å². The van der Waals surface area contributed by atoms with Crippen LogP contribution in [0.3, 0.4) is 0 Å². The molecule has 7 aromatic rings. The summed E-state index contributed by atoms with van der Waals surface area (Å²) in [6, 6.07) is 39.6. The van der Waals surface area contributed by atoms with Crippen LogP contribution >= 0.6 is 0 Å². The molecule has 278 valence electrons. The molecular weight excluding hydrogens is 862 g/mol. The minimum atomic E-state index is -0.322. The summed E-state index contributed by atoms with van der Waals surface area (Å²) in [6.45, 7) is 19.5. The summed E-state index contributed by atoms with van der Waals surface area (Å²) in [7, 11) is 1.99. The minimum Gasteiger partial charge on any atom is -0.508 e. The summed E-state index contributed by atoms with van der Waals surface area (Å²) in [5, 5.41) is 2.09. The Morgan fingerprint density at radius 3 is 2.04 bits per heavy atom. The second kappa shape index (κ2) is 13.8. The van der Waals surface area contributed by atoms with E-state index in [4.69, 9.17) is 24.7 Å². The second-order valence-electron chi connectivity index (χ2n) is 17.1. The minimum absolute atomic E-state index is 0. The van der Waals surface area contributed by atoms with Crippen molar-refractivity contribution >= 4 is 44.9 Å². The van der Waals surface area contributed by atoms with E-state index in [9.17, 15) is 0 Å². The number of aromatic nitrogens is 5. The zero-order valence-corrected chi connectivity index (χ0v) is 35.3. The molecule has 0 saturated carbocycles. The molecule has 8 rings (SSSR count). The summed E-state index contributed by atoms with van der Waals surface area (Å²) < 4.78 is 13.0. The van der Waals surface area contributed by atoms with Gasteiger partial charge in [-0.25, -0.2) is 19.9 Å². The predicted molar refractivity (Wildman–Crippen MR) is 216 cm³/mol. The van der Waals surface area contributed by atoms with Gasteiger partial charge in [-0.05, 0) is 40.1 Å². The molecule has 0 aliphatic carbocycles. The first kappa shape index (κ1) is 38.0. The number of hydrogen-bond acceptors (Lipinski definition) is 5. The monoisotopic (exact) mass is 906 g/mol. The SMILES string of the molecule is C[N+]1=C=[N+](c2[c-]c(Oc3[c-]c4c(cc3-c3nc(C(C)(C)C)nc(C(C)(C)C)n3)c3cc(C(C)(C)C)ccc3n4-c3ccccn3)ccc2)c2ccccc21.[Pt+2]. The number of fused-ring (bicyclic) bond motifs is 4. The first-order valence-corrected chi connectivity index (χ1v) is 18.4. The van der Waals surface area contributed by atoms with Crippen molar-refractivity contribution < 1.29 is 30.4 Å². The van der Waals surface area contributed by atoms with Crippen LogP contribution in [0, 0.1) is 12.1 Å². The van der Waals surface area contributed by atoms with E-state index in [1.807, 2.05) is 70.9 Å². The number of benzene rings is 4. The van der Waals surface area contributed by atoms with Crippen molar-refractivity contribution in [2.75, 3.05) is 7.05 Å². The normalized spacial score (nSPS) is 13.1. The van der Waals surface area contributed by atoms with Gasteiger partial charge in [-0.1, -0.05) is 119 Å². The molecule has 0 unspecified atom stereocenters. The van der Waals surface area contributed by atoms with Crippen LogP contribution in [0.2, 0.25) is 0 Å². The van der Waals surface area contributed by atoms with Crippen LogP contribution in [0.25, 0.3) is 39.0 Å². The summed E-state index contributed by atoms with van der Waals surface area (Å²) in [6.07, 6.45) is 1.82. The molecule has 0 N–H and O–H groups in total. The van der Waals surface area contributed by atoms with Crippen molar-refractivity contribution in [3.63, 3.8) is 0 Å². The predicted octanol–water partition coefficient (Wildman–Crippen LogP) is 10.6. The van der Waals surface area contributed by atoms with Gasteiger partial charge in [0.05, 0.1) is 0 Å². The fourth-order valence-corrected chi connectivity index (χ4v) is 6.69. The van der Waals surface area contributed by atoms with Gasteiger partial charge in [0.2, 0.25) is 0 Å². The van der Waals surface area contributed by atoms with Crippen molar-refractivity contribution in [1.29, 1.82) is 0 Å². The van der Waals surface area contributed by atoms with Crippen molar-refractivity contribution in [2.24, 2.45) is 0 Å². The van der Waals surface area contributed by atoms with Crippen LogP contribution in [0.5, 0.6) is 11.5 Å². The molecule has 4 aromatic carbocycles. The number of nitrogens with zero attached hydrogens (tertiary/aromatic N) is 7. The molecule has 3 aromatic heterocycles. The number of hydrogen-bond donors (Lipinski definition) is 0. The maximum atomic E-state index is 6.89. The molecule has 0 fully saturated rings. The molecule has 0 bridgehead atoms. The van der Waals surface area contributed by atoms with Crippen LogP contribution in [0.15, 0.2) is 91.1 Å². The van der Waals surface area contributed by atoms with Crippen molar-refractivity contribution in [3.05, 3.63) is 120 Å². The van der Waals surface area contributed by atoms with Gasteiger partial charge >= 0.3 is 27.1 Å². The average Bonchev–Trinajstić information content (AvgIpc) is 3.64. The van der Waals surface area contributed by atoms with E-state index in [1.54, 1.807) is 0 Å². The standard InChI is InChI=1S/C46H45N7O.Pt/c1-44(2,3)29-21-22-35-32(24-29)33-26-34(41-48-42(45(4,5)6)50-43(49-41)46(7,8)9)39(27-38(33)53(35)40-20-13-14-23-47-40)54-31-17-15-16-30(25-31)52-28-51(10)36-18-11-12-19-37(36)52;/h11-24,26H,1-10H3;/q;+2. The average molecular weight is 907 g/mol. The van der Waals surface area contributed by atoms with Gasteiger partial charge in [0.1, 0.15) is 29.0 Å². The Kier molecular flexibility index (Phi) is 9.52. The van der Waals surface area contributed by atoms with Gasteiger partial charge in [0.25, 0.3) is 11.4 Å². The van der Waals surface area contributed by atoms with Crippen molar-refractivity contribution in [1.82, 2.24) is 29.1 Å². The Bertz CT molecular complexity index is 2650. The molecule has 9 heteroatoms. The Labute approximate surface area is 337 Å². The maximum Gasteiger partial charge on any atom is 2.00 e. The molecule has 55 heavy (non-hydrogen) atoms. The molecule has 0 saturated heterocycles. The summed E-state index contributed by atoms with van der Waals surface area (Å²) >= 11 is 0. The number of rotatable bonds is 5. The molecule has 8 nitrogen and oxygen atoms in total. The quantitative estimate of drug-likeness (QED) is 0.127. The van der Waals surface area contributed by atoms with Crippen molar-refractivity contribution in [3.8, 4) is 28.7 Å². The van der Waals surface area contributed by atoms with Gasteiger partial charge in [-0.3, -0.25) is 0 Å². The van der Waals surface area contributed by atoms with Crippen LogP contribution < -0.4 is 9.31 Å². The number of ether oxygens (including phenoxy) is 1. The van der Waals surface area contributed by atoms with E-state index in [2.05, 4.69) is 121 Å². The molecule has 4 heterocycles. The second-order valence-corrected chi connectivity index (χ2v) is 17.1. The molecule has 0 amide bonds. The van der Waals surface area contributed by atoms with E-state index in [0.717, 1.165) is 44.7 Å². The maximum absolute atomic E-state index is 6.89. The largest absolute Gasteiger partial charge is 2.00 e. The summed E-state index contributed by atoms with van der Waals surface area (Å²) in [4.78, 5) is 20.0. The fourth-order valence-electron chi connectivity index (χ4n) is 6.69. The van der Waals surface area contributed by atoms with Gasteiger partial charge in [-0.2, -0.15) is 6.07 Å². The fraction of sp³-hybridized carbons (Fsp3) is 0.283. The van der Waals surface area contributed by atoms with E-state index in [1.165, 1.54) is 5.56 Å². The van der Waals surface area contributed by atoms with Crippen LogP contribution in [-0.4, -0.2) is 42.1 Å². The topological polar surface area (TPSA) is 71.7 Å². The van der Waals surface area contributed by atoms with E-state index in [0.29, 0.717) is 34.5 Å². The first-order chi connectivity index (χ1) is 25.6. The van der Waals surface area contributed by atoms with E-state index in [-0.39, 0.29) is 37.3 Å². The first-order valence-electron chi connectivity index (χ1n) is 18.4. The van der Waals surface area contributed by atoms with Gasteiger partial charge in [0, 0.05) is 46.2 Å². The Morgan fingerprint density at radius 1 is 0.691 bits per heavy atom. The van der Waals surface area contributed by atoms with Gasteiger partial charge < -0.3 is 9.30 Å². The van der Waals surface area contributed by atoms with Crippen LogP contribution in [0.1, 0.15) is 79.5 Å². The summed E-state index contributed by atoms with van der Waals surface area (Å²) in [5.41, 5.74) is 5.99. The molecule has 0 atom stereocenters. The zero-order chi connectivity index (χ0) is 38.2. The third kappa shape index (κ3) is 7.06. The van der Waals surface area contributed by atoms with Crippen molar-refractivity contribution in [2.45, 2.75) is 78.6 Å². The number of para-hydroxylation sites is 2. The molecule has 1 aliphatic heterocycles. The van der Waals surface area contributed by atoms with Gasteiger partial charge in [0.15, 0.2) is 7.05 Å². The Balaban J connectivity index is 0.00000465. The smallest absolute Gasteiger partial charge is 0.508 e.